The van der Waals surface area contributed by atoms with E-state index >= 15 is 0 Å². The summed E-state index contributed by atoms with van der Waals surface area (Å²) in [5, 5.41) is 0. The van der Waals surface area contributed by atoms with Crippen LogP contribution in [0.4, 0.5) is 5.69 Å². The fourth-order valence-corrected chi connectivity index (χ4v) is 3.05. The molecular weight excluding hydrogens is 302 g/mol. The van der Waals surface area contributed by atoms with Crippen LogP contribution in [-0.2, 0) is 0 Å². The lowest BCUT2D eigenvalue weighted by molar-refractivity contribution is 0.258. The van der Waals surface area contributed by atoms with Crippen molar-refractivity contribution < 1.29 is 0 Å². The lowest BCUT2D eigenvalue weighted by Crippen LogP contribution is -2.47. The summed E-state index contributed by atoms with van der Waals surface area (Å²) in [5.74, 6) is 0. The van der Waals surface area contributed by atoms with E-state index in [0.29, 0.717) is 0 Å². The van der Waals surface area contributed by atoms with Crippen molar-refractivity contribution >= 4 is 21.6 Å². The smallest absolute Gasteiger partial charge is 0.0426 e. The molecule has 1 fully saturated rings. The third-order valence-corrected chi connectivity index (χ3v) is 4.23. The highest BCUT2D eigenvalue weighted by atomic mass is 79.9. The largest absolute Gasteiger partial charge is 0.369 e. The van der Waals surface area contributed by atoms with Gasteiger partial charge >= 0.3 is 0 Å². The van der Waals surface area contributed by atoms with Gasteiger partial charge in [0.2, 0.25) is 0 Å². The maximum Gasteiger partial charge on any atom is 0.0426 e. The van der Waals surface area contributed by atoms with Gasteiger partial charge in [-0.2, -0.15) is 0 Å². The minimum Gasteiger partial charge on any atom is -0.369 e. The second-order valence-corrected chi connectivity index (χ2v) is 6.24. The topological polar surface area (TPSA) is 32.5 Å². The average molecular weight is 326 g/mol. The summed E-state index contributed by atoms with van der Waals surface area (Å²) in [4.78, 5) is 5.01. The predicted octanol–water partition coefficient (Wildman–Crippen LogP) is 3.00. The normalized spacial score (nSPS) is 18.6. The molecule has 4 heteroatoms. The number of anilines is 1. The molecule has 3 nitrogen and oxygen atoms in total. The number of hydrogen-bond acceptors (Lipinski definition) is 3. The van der Waals surface area contributed by atoms with Gasteiger partial charge in [-0.1, -0.05) is 28.9 Å². The zero-order chi connectivity index (χ0) is 13.8. The molecule has 0 aliphatic carbocycles. The summed E-state index contributed by atoms with van der Waals surface area (Å²) in [6, 6.07) is 6.50. The molecule has 0 amide bonds. The fourth-order valence-electron chi connectivity index (χ4n) is 2.70. The lowest BCUT2D eigenvalue weighted by Gasteiger charge is -2.37. The zero-order valence-electron chi connectivity index (χ0n) is 11.9. The van der Waals surface area contributed by atoms with Gasteiger partial charge in [0, 0.05) is 42.4 Å². The summed E-state index contributed by atoms with van der Waals surface area (Å²) < 4.78 is 1.13. The Bertz CT molecular complexity index is 412. The Labute approximate surface area is 124 Å². The van der Waals surface area contributed by atoms with Crippen molar-refractivity contribution in [3.63, 3.8) is 0 Å². The van der Waals surface area contributed by atoms with E-state index in [1.165, 1.54) is 24.2 Å². The van der Waals surface area contributed by atoms with Gasteiger partial charge in [-0.15, -0.1) is 0 Å². The van der Waals surface area contributed by atoms with Crippen LogP contribution in [0.5, 0.6) is 0 Å². The quantitative estimate of drug-likeness (QED) is 0.923. The fraction of sp³-hybridized carbons (Fsp3) is 0.600. The van der Waals surface area contributed by atoms with Gasteiger partial charge in [-0.25, -0.2) is 0 Å². The van der Waals surface area contributed by atoms with Crippen LogP contribution in [0.15, 0.2) is 22.7 Å². The number of halogens is 1. The Balaban J connectivity index is 2.12. The first-order chi connectivity index (χ1) is 9.11. The molecule has 1 aromatic carbocycles. The Morgan fingerprint density at radius 2 is 1.95 bits per heavy atom. The van der Waals surface area contributed by atoms with Crippen LogP contribution in [-0.4, -0.2) is 37.6 Å². The molecule has 1 aromatic rings. The SMILES string of the molecule is CCCN1CCN(c2cc(Br)ccc2C(C)N)CC1. The molecule has 0 radical (unpaired) electrons. The molecule has 2 rings (SSSR count). The van der Waals surface area contributed by atoms with Gasteiger partial charge in [0.15, 0.2) is 0 Å². The van der Waals surface area contributed by atoms with E-state index in [0.717, 1.165) is 30.7 Å². The third-order valence-electron chi connectivity index (χ3n) is 3.74. The maximum absolute atomic E-state index is 6.09. The molecule has 0 aromatic heterocycles. The molecule has 1 aliphatic heterocycles. The first kappa shape index (κ1) is 14.8. The van der Waals surface area contributed by atoms with Crippen molar-refractivity contribution in [1.82, 2.24) is 4.90 Å². The minimum absolute atomic E-state index is 0.0803. The van der Waals surface area contributed by atoms with Gasteiger partial charge in [0.25, 0.3) is 0 Å². The second kappa shape index (κ2) is 6.73. The highest BCUT2D eigenvalue weighted by molar-refractivity contribution is 9.10. The van der Waals surface area contributed by atoms with E-state index in [1.807, 2.05) is 0 Å². The number of nitrogens with zero attached hydrogens (tertiary/aromatic N) is 2. The highest BCUT2D eigenvalue weighted by Crippen LogP contribution is 2.29. The summed E-state index contributed by atoms with van der Waals surface area (Å²) in [7, 11) is 0. The second-order valence-electron chi connectivity index (χ2n) is 5.32. The third kappa shape index (κ3) is 3.71. The molecule has 1 saturated heterocycles. The highest BCUT2D eigenvalue weighted by Gasteiger charge is 2.19. The molecule has 0 spiro atoms. The number of hydrogen-bond donors (Lipinski definition) is 1. The Morgan fingerprint density at radius 3 is 2.53 bits per heavy atom. The lowest BCUT2D eigenvalue weighted by atomic mass is 10.1. The van der Waals surface area contributed by atoms with Crippen LogP contribution >= 0.6 is 15.9 Å². The van der Waals surface area contributed by atoms with Crippen molar-refractivity contribution in [3.8, 4) is 0 Å². The van der Waals surface area contributed by atoms with Crippen LogP contribution in [0.3, 0.4) is 0 Å². The first-order valence-corrected chi connectivity index (χ1v) is 7.93. The molecule has 1 atom stereocenters. The van der Waals surface area contributed by atoms with E-state index in [1.54, 1.807) is 0 Å². The monoisotopic (exact) mass is 325 g/mol. The Morgan fingerprint density at radius 1 is 1.26 bits per heavy atom. The average Bonchev–Trinajstić information content (AvgIpc) is 2.39. The molecule has 106 valence electrons. The number of rotatable bonds is 4. The molecule has 1 heterocycles. The van der Waals surface area contributed by atoms with E-state index in [4.69, 9.17) is 5.73 Å². The zero-order valence-corrected chi connectivity index (χ0v) is 13.5. The molecule has 0 saturated carbocycles. The number of benzene rings is 1. The number of piperazine rings is 1. The number of nitrogens with two attached hydrogens (primary N) is 1. The summed E-state index contributed by atoms with van der Waals surface area (Å²) >= 11 is 3.57. The Kier molecular flexibility index (Phi) is 5.25. The van der Waals surface area contributed by atoms with Crippen molar-refractivity contribution in [1.29, 1.82) is 0 Å². The first-order valence-electron chi connectivity index (χ1n) is 7.14. The molecular formula is C15H24BrN3. The van der Waals surface area contributed by atoms with E-state index in [9.17, 15) is 0 Å². The van der Waals surface area contributed by atoms with Gasteiger partial charge < -0.3 is 10.6 Å². The van der Waals surface area contributed by atoms with Crippen LogP contribution in [0.25, 0.3) is 0 Å². The molecule has 19 heavy (non-hydrogen) atoms. The molecule has 0 bridgehead atoms. The maximum atomic E-state index is 6.09. The summed E-state index contributed by atoms with van der Waals surface area (Å²) in [6.45, 7) is 10.0. The van der Waals surface area contributed by atoms with Gasteiger partial charge in [-0.05, 0) is 37.6 Å². The van der Waals surface area contributed by atoms with Gasteiger partial charge in [0.1, 0.15) is 0 Å². The Hall–Kier alpha value is -0.580. The standard InChI is InChI=1S/C15H24BrN3/c1-3-6-18-7-9-19(10-8-18)15-11-13(16)4-5-14(15)12(2)17/h4-5,11-12H,3,6-10,17H2,1-2H3. The van der Waals surface area contributed by atoms with Gasteiger partial charge in [-0.3, -0.25) is 4.90 Å². The van der Waals surface area contributed by atoms with E-state index in [2.05, 4.69) is 57.8 Å². The van der Waals surface area contributed by atoms with Crippen molar-refractivity contribution in [2.24, 2.45) is 5.73 Å². The van der Waals surface area contributed by atoms with Crippen LogP contribution in [0.1, 0.15) is 31.9 Å². The summed E-state index contributed by atoms with van der Waals surface area (Å²) in [5.41, 5.74) is 8.63. The van der Waals surface area contributed by atoms with Crippen molar-refractivity contribution in [2.45, 2.75) is 26.3 Å². The van der Waals surface area contributed by atoms with Crippen molar-refractivity contribution in [2.75, 3.05) is 37.6 Å². The van der Waals surface area contributed by atoms with Crippen molar-refractivity contribution in [3.05, 3.63) is 28.2 Å². The van der Waals surface area contributed by atoms with Gasteiger partial charge in [0.05, 0.1) is 0 Å². The van der Waals surface area contributed by atoms with Crippen LogP contribution in [0.2, 0.25) is 0 Å². The van der Waals surface area contributed by atoms with Crippen LogP contribution < -0.4 is 10.6 Å². The van der Waals surface area contributed by atoms with Crippen LogP contribution in [0, 0.1) is 0 Å². The molecule has 1 aliphatic rings. The van der Waals surface area contributed by atoms with E-state index in [-0.39, 0.29) is 6.04 Å². The molecule has 2 N–H and O–H groups in total. The minimum atomic E-state index is 0.0803. The molecule has 1 unspecified atom stereocenters. The summed E-state index contributed by atoms with van der Waals surface area (Å²) in [6.07, 6.45) is 1.24. The predicted molar refractivity (Wildman–Crippen MR) is 85.7 cm³/mol. The van der Waals surface area contributed by atoms with E-state index < -0.39 is 0 Å².